The molecule has 0 fully saturated rings. The molecule has 0 aliphatic rings. The number of sulfone groups is 1. The van der Waals surface area contributed by atoms with E-state index in [2.05, 4.69) is 0 Å². The van der Waals surface area contributed by atoms with Gasteiger partial charge in [0, 0.05) is 22.3 Å². The molecule has 75 heavy (non-hydrogen) atoms. The van der Waals surface area contributed by atoms with Crippen LogP contribution in [0, 0.1) is 27.7 Å². The highest BCUT2D eigenvalue weighted by Gasteiger charge is 2.19. The predicted molar refractivity (Wildman–Crippen MR) is 294 cm³/mol. The number of rotatable bonds is 16. The third kappa shape index (κ3) is 11.5. The van der Waals surface area contributed by atoms with E-state index in [9.17, 15) is 18.0 Å². The number of ketones is 2. The minimum Gasteiger partial charge on any atom is -0.457 e. The van der Waals surface area contributed by atoms with E-state index >= 15 is 0 Å². The van der Waals surface area contributed by atoms with Crippen LogP contribution in [0.4, 0.5) is 0 Å². The SMILES string of the molecule is Cc1ccc(C)c(C(=O)c2ccc(Oc3ccc(-c4ccc(Oc5ccc(S(=O)(=O)c6ccc(Oc7ccc(-c8ccc(Oc9ccc(C(=O)c%10cc(C)ccc%10C)cc9)cc8)cc7)cc6)cc5)cc4)cc3)cc2)c1. The maximum atomic E-state index is 13.6. The zero-order valence-electron chi connectivity index (χ0n) is 41.6. The van der Waals surface area contributed by atoms with E-state index in [0.29, 0.717) is 68.2 Å². The van der Waals surface area contributed by atoms with Crippen molar-refractivity contribution in [2.75, 3.05) is 0 Å². The fraction of sp³-hybridized carbons (Fsp3) is 0.0606. The van der Waals surface area contributed by atoms with Crippen LogP contribution < -0.4 is 18.9 Å². The van der Waals surface area contributed by atoms with Gasteiger partial charge in [0.1, 0.15) is 46.0 Å². The van der Waals surface area contributed by atoms with Crippen molar-refractivity contribution in [3.05, 3.63) is 275 Å². The van der Waals surface area contributed by atoms with Gasteiger partial charge in [-0.1, -0.05) is 83.9 Å². The lowest BCUT2D eigenvalue weighted by molar-refractivity contribution is 0.103. The van der Waals surface area contributed by atoms with Crippen LogP contribution in [0.3, 0.4) is 0 Å². The van der Waals surface area contributed by atoms with Gasteiger partial charge in [0.05, 0.1) is 9.79 Å². The van der Waals surface area contributed by atoms with Crippen molar-refractivity contribution < 1.29 is 37.0 Å². The molecule has 0 amide bonds. The van der Waals surface area contributed by atoms with Gasteiger partial charge in [-0.2, -0.15) is 0 Å². The second-order valence-electron chi connectivity index (χ2n) is 18.3. The minimum absolute atomic E-state index is 0.0163. The summed E-state index contributed by atoms with van der Waals surface area (Å²) in [5, 5.41) is 0. The van der Waals surface area contributed by atoms with E-state index < -0.39 is 9.84 Å². The number of carbonyl (C=O) groups is 2. The van der Waals surface area contributed by atoms with E-state index in [0.717, 1.165) is 44.5 Å². The first-order chi connectivity index (χ1) is 36.3. The Morgan fingerprint density at radius 2 is 0.520 bits per heavy atom. The van der Waals surface area contributed by atoms with Gasteiger partial charge in [-0.05, 0) is 219 Å². The van der Waals surface area contributed by atoms with Crippen LogP contribution in [0.5, 0.6) is 46.0 Å². The Kier molecular flexibility index (Phi) is 14.1. The molecule has 0 atom stereocenters. The largest absolute Gasteiger partial charge is 0.457 e. The summed E-state index contributed by atoms with van der Waals surface area (Å²) in [7, 11) is -3.82. The molecule has 10 aromatic carbocycles. The maximum Gasteiger partial charge on any atom is 0.206 e. The Balaban J connectivity index is 0.692. The summed E-state index contributed by atoms with van der Waals surface area (Å²) in [6, 6.07) is 69.6. The molecule has 0 unspecified atom stereocenters. The predicted octanol–water partition coefficient (Wildman–Crippen LogP) is 16.7. The smallest absolute Gasteiger partial charge is 0.206 e. The third-order valence-corrected chi connectivity index (χ3v) is 14.6. The van der Waals surface area contributed by atoms with Gasteiger partial charge in [0.25, 0.3) is 0 Å². The van der Waals surface area contributed by atoms with Crippen LogP contribution in [-0.2, 0) is 9.84 Å². The quantitative estimate of drug-likeness (QED) is 0.0882. The van der Waals surface area contributed by atoms with E-state index in [1.54, 1.807) is 72.8 Å². The van der Waals surface area contributed by atoms with Gasteiger partial charge in [0.15, 0.2) is 11.6 Å². The van der Waals surface area contributed by atoms with Gasteiger partial charge in [-0.15, -0.1) is 0 Å². The molecule has 0 radical (unpaired) electrons. The Hall–Kier alpha value is -9.31. The molecule has 0 aliphatic carbocycles. The fourth-order valence-electron chi connectivity index (χ4n) is 8.54. The lowest BCUT2D eigenvalue weighted by Gasteiger charge is -2.11. The van der Waals surface area contributed by atoms with Crippen LogP contribution in [-0.4, -0.2) is 20.0 Å². The fourth-order valence-corrected chi connectivity index (χ4v) is 9.80. The summed E-state index contributed by atoms with van der Waals surface area (Å²) < 4.78 is 51.5. The number of carbonyl (C=O) groups excluding carboxylic acids is 2. The molecule has 0 bridgehead atoms. The first kappa shape index (κ1) is 49.3. The van der Waals surface area contributed by atoms with Crippen LogP contribution in [0.25, 0.3) is 22.3 Å². The van der Waals surface area contributed by atoms with Crippen LogP contribution in [0.1, 0.15) is 54.1 Å². The molecular formula is C66H50O8S. The number of benzene rings is 10. The second kappa shape index (κ2) is 21.4. The average Bonchev–Trinajstić information content (AvgIpc) is 3.43. The van der Waals surface area contributed by atoms with Crippen molar-refractivity contribution in [1.82, 2.24) is 0 Å². The zero-order chi connectivity index (χ0) is 52.1. The molecule has 0 saturated heterocycles. The van der Waals surface area contributed by atoms with Crippen LogP contribution in [0.2, 0.25) is 0 Å². The van der Waals surface area contributed by atoms with Crippen molar-refractivity contribution in [1.29, 1.82) is 0 Å². The van der Waals surface area contributed by atoms with Crippen LogP contribution >= 0.6 is 0 Å². The van der Waals surface area contributed by atoms with Crippen molar-refractivity contribution in [3.8, 4) is 68.2 Å². The van der Waals surface area contributed by atoms with E-state index in [-0.39, 0.29) is 21.4 Å². The molecule has 0 spiro atoms. The standard InChI is InChI=1S/C66H50O8S/c1-43-5-7-45(3)63(41-43)65(67)51-17-29-57(30-18-51)71-53-21-9-47(10-22-53)49-13-25-55(26-14-49)73-59-33-37-61(38-34-59)75(69,70)62-39-35-60(36-40-62)74-56-27-15-50(16-28-56)48-11-23-54(24-12-48)72-58-31-19-52(20-32-58)66(68)64-42-44(2)6-8-46(64)4/h5-42H,1-4H3. The van der Waals surface area contributed by atoms with Gasteiger partial charge in [-0.25, -0.2) is 8.42 Å². The molecule has 0 saturated carbocycles. The number of hydrogen-bond donors (Lipinski definition) is 0. The molecule has 8 nitrogen and oxygen atoms in total. The molecule has 368 valence electrons. The normalized spacial score (nSPS) is 11.1. The number of ether oxygens (including phenoxy) is 4. The van der Waals surface area contributed by atoms with Crippen LogP contribution in [0.15, 0.2) is 240 Å². The van der Waals surface area contributed by atoms with Crippen molar-refractivity contribution in [2.45, 2.75) is 37.5 Å². The Morgan fingerprint density at radius 1 is 0.293 bits per heavy atom. The summed E-state index contributed by atoms with van der Waals surface area (Å²) in [6.45, 7) is 7.84. The third-order valence-electron chi connectivity index (χ3n) is 12.8. The lowest BCUT2D eigenvalue weighted by Crippen LogP contribution is -2.04. The average molecular weight is 1000 g/mol. The van der Waals surface area contributed by atoms with Crippen molar-refractivity contribution in [2.24, 2.45) is 0 Å². The zero-order valence-corrected chi connectivity index (χ0v) is 42.4. The Labute approximate surface area is 437 Å². The number of aryl methyl sites for hydroxylation is 4. The Morgan fingerprint density at radius 3 is 0.773 bits per heavy atom. The number of hydrogen-bond acceptors (Lipinski definition) is 8. The molecule has 9 heteroatoms. The molecule has 0 aliphatic heterocycles. The highest BCUT2D eigenvalue weighted by molar-refractivity contribution is 7.91. The summed E-state index contributed by atoms with van der Waals surface area (Å²) in [5.41, 5.74) is 10.5. The summed E-state index contributed by atoms with van der Waals surface area (Å²) >= 11 is 0. The maximum absolute atomic E-state index is 13.6. The molecule has 0 heterocycles. The molecule has 10 aromatic rings. The van der Waals surface area contributed by atoms with Gasteiger partial charge >= 0.3 is 0 Å². The van der Waals surface area contributed by atoms with Gasteiger partial charge < -0.3 is 18.9 Å². The molecule has 10 rings (SSSR count). The highest BCUT2D eigenvalue weighted by Crippen LogP contribution is 2.33. The molecule has 0 N–H and O–H groups in total. The van der Waals surface area contributed by atoms with E-state index in [4.69, 9.17) is 18.9 Å². The molecule has 0 aromatic heterocycles. The highest BCUT2D eigenvalue weighted by atomic mass is 32.2. The van der Waals surface area contributed by atoms with Crippen molar-refractivity contribution >= 4 is 21.4 Å². The van der Waals surface area contributed by atoms with Gasteiger partial charge in [-0.3, -0.25) is 9.59 Å². The van der Waals surface area contributed by atoms with Crippen molar-refractivity contribution in [3.63, 3.8) is 0 Å². The van der Waals surface area contributed by atoms with E-state index in [1.807, 2.05) is 161 Å². The van der Waals surface area contributed by atoms with E-state index in [1.165, 1.54) is 24.3 Å². The molecular weight excluding hydrogens is 953 g/mol. The Bertz CT molecular complexity index is 3530. The minimum atomic E-state index is -3.82. The second-order valence-corrected chi connectivity index (χ2v) is 20.2. The van der Waals surface area contributed by atoms with Gasteiger partial charge in [0.2, 0.25) is 9.84 Å². The summed E-state index contributed by atoms with van der Waals surface area (Å²) in [4.78, 5) is 26.5. The first-order valence-electron chi connectivity index (χ1n) is 24.3. The summed E-state index contributed by atoms with van der Waals surface area (Å²) in [6.07, 6.45) is 0. The first-order valence-corrected chi connectivity index (χ1v) is 25.8. The topological polar surface area (TPSA) is 105 Å². The summed E-state index contributed by atoms with van der Waals surface area (Å²) in [5.74, 6) is 4.75. The monoisotopic (exact) mass is 1000 g/mol. The lowest BCUT2D eigenvalue weighted by atomic mass is 9.97.